The van der Waals surface area contributed by atoms with E-state index in [4.69, 9.17) is 5.11 Å². The van der Waals surface area contributed by atoms with E-state index in [-0.39, 0.29) is 75.5 Å². The molecule has 0 spiro atoms. The van der Waals surface area contributed by atoms with E-state index in [0.29, 0.717) is 0 Å². The van der Waals surface area contributed by atoms with Crippen molar-refractivity contribution >= 4 is 105 Å². The number of aliphatic hydroxyl groups excluding tert-OH is 1. The summed E-state index contributed by atoms with van der Waals surface area (Å²) in [6.45, 7) is 0. The van der Waals surface area contributed by atoms with Crippen LogP contribution < -0.4 is 20.4 Å². The third-order valence-corrected chi connectivity index (χ3v) is 2.17. The minimum atomic E-state index is -3.15. The van der Waals surface area contributed by atoms with Crippen molar-refractivity contribution in [3.63, 3.8) is 0 Å². The Hall–Kier alpha value is -0.171. The van der Waals surface area contributed by atoms with Gasteiger partial charge in [-0.15, -0.1) is 0 Å². The average molecular weight is 384 g/mol. The van der Waals surface area contributed by atoms with Crippen LogP contribution in [-0.4, -0.2) is 122 Å². The molecule has 0 bridgehead atoms. The molecule has 0 rings (SSSR count). The summed E-state index contributed by atoms with van der Waals surface area (Å²) in [7, 11) is 0. The molecule has 0 saturated carbocycles. The number of carbonyl (C=O) groups excluding carboxylic acids is 5. The maximum Gasteiger partial charge on any atom is 2.00 e. The number of hydrogen-bond donors (Lipinski definition) is 1. The van der Waals surface area contributed by atoms with Crippen molar-refractivity contribution in [1.82, 2.24) is 0 Å². The molecule has 23 heavy (non-hydrogen) atoms. The summed E-state index contributed by atoms with van der Waals surface area (Å²) >= 11 is 0. The topological polar surface area (TPSA) is 207 Å². The summed E-state index contributed by atoms with van der Waals surface area (Å²) < 4.78 is 4.15. The molecule has 13 heteroatoms. The Morgan fingerprint density at radius 3 is 1.57 bits per heavy atom. The van der Waals surface area contributed by atoms with E-state index >= 15 is 0 Å². The van der Waals surface area contributed by atoms with Crippen LogP contribution in [0.4, 0.5) is 0 Å². The number of hydrogen-bond acceptors (Lipinski definition) is 11. The molecule has 0 aliphatic rings. The standard InChI is InChI=1S/C10H12O11.2Ca/c11-4(8(17)18)1-7(16)21-10(9(19)20,2-5(12)13)3-6(14)15;;/h4,11H,1-3H2,(H,12,13)(H,14,15)(H,17,18)(H,19,20);;/q;2*+2/p-4. The summed E-state index contributed by atoms with van der Waals surface area (Å²) in [5, 5.41) is 50.8. The van der Waals surface area contributed by atoms with Gasteiger partial charge in [-0.3, -0.25) is 4.79 Å². The van der Waals surface area contributed by atoms with Gasteiger partial charge in [-0.25, -0.2) is 0 Å². The molecule has 0 aliphatic carbocycles. The Balaban J connectivity index is -0.00000200. The second-order valence-corrected chi connectivity index (χ2v) is 3.89. The van der Waals surface area contributed by atoms with Crippen molar-refractivity contribution in [3.05, 3.63) is 0 Å². The number of carbonyl (C=O) groups is 5. The van der Waals surface area contributed by atoms with Crippen molar-refractivity contribution in [2.45, 2.75) is 31.0 Å². The molecule has 0 aliphatic heterocycles. The van der Waals surface area contributed by atoms with Crippen LogP contribution in [0, 0.1) is 0 Å². The molecular formula is C10H8Ca2O11. The van der Waals surface area contributed by atoms with Gasteiger partial charge in [0, 0.05) is 24.8 Å². The molecule has 0 aromatic carbocycles. The molecule has 0 fully saturated rings. The van der Waals surface area contributed by atoms with E-state index in [1.54, 1.807) is 0 Å². The Morgan fingerprint density at radius 1 is 0.913 bits per heavy atom. The summed E-state index contributed by atoms with van der Waals surface area (Å²) in [6, 6.07) is 0. The Bertz CT molecular complexity index is 459. The van der Waals surface area contributed by atoms with Crippen LogP contribution in [0.2, 0.25) is 0 Å². The smallest absolute Gasteiger partial charge is 0.550 e. The van der Waals surface area contributed by atoms with E-state index in [9.17, 15) is 44.4 Å². The van der Waals surface area contributed by atoms with Gasteiger partial charge in [0.2, 0.25) is 0 Å². The van der Waals surface area contributed by atoms with Gasteiger partial charge in [0.15, 0.2) is 5.60 Å². The summed E-state index contributed by atoms with van der Waals surface area (Å²) in [6.07, 6.45) is -6.80. The first kappa shape index (κ1) is 27.7. The first-order chi connectivity index (χ1) is 9.50. The van der Waals surface area contributed by atoms with Crippen molar-refractivity contribution in [3.8, 4) is 0 Å². The quantitative estimate of drug-likeness (QED) is 0.291. The van der Waals surface area contributed by atoms with Crippen LogP contribution in [0.3, 0.4) is 0 Å². The minimum absolute atomic E-state index is 0. The van der Waals surface area contributed by atoms with Gasteiger partial charge in [-0.1, -0.05) is 0 Å². The van der Waals surface area contributed by atoms with Gasteiger partial charge >= 0.3 is 81.4 Å². The molecule has 0 heterocycles. The van der Waals surface area contributed by atoms with Crippen LogP contribution >= 0.6 is 0 Å². The fourth-order valence-corrected chi connectivity index (χ4v) is 1.29. The Kier molecular flexibility index (Phi) is 14.7. The first-order valence-corrected chi connectivity index (χ1v) is 5.22. The third-order valence-electron chi connectivity index (χ3n) is 2.17. The zero-order valence-electron chi connectivity index (χ0n) is 11.6. The molecule has 11 nitrogen and oxygen atoms in total. The van der Waals surface area contributed by atoms with Crippen molar-refractivity contribution in [2.75, 3.05) is 0 Å². The predicted octanol–water partition coefficient (Wildman–Crippen LogP) is -7.96. The number of aliphatic carboxylic acids is 4. The zero-order chi connectivity index (χ0) is 16.8. The predicted molar refractivity (Wildman–Crippen MR) is 60.2 cm³/mol. The van der Waals surface area contributed by atoms with Crippen molar-refractivity contribution < 1.29 is 54.2 Å². The first-order valence-electron chi connectivity index (χ1n) is 5.22. The Morgan fingerprint density at radius 2 is 1.30 bits per heavy atom. The fraction of sp³-hybridized carbons (Fsp3) is 0.500. The zero-order valence-corrected chi connectivity index (χ0v) is 16.1. The van der Waals surface area contributed by atoms with E-state index in [2.05, 4.69) is 4.74 Å². The van der Waals surface area contributed by atoms with Crippen molar-refractivity contribution in [1.29, 1.82) is 0 Å². The molecule has 118 valence electrons. The largest absolute Gasteiger partial charge is 2.00 e. The molecule has 1 unspecified atom stereocenters. The normalized spacial score (nSPS) is 11.2. The number of carboxylic acid groups (broad SMARTS) is 4. The van der Waals surface area contributed by atoms with E-state index < -0.39 is 60.8 Å². The molecule has 0 aromatic heterocycles. The molecule has 0 saturated heterocycles. The molecule has 0 amide bonds. The van der Waals surface area contributed by atoms with Crippen LogP contribution in [0.25, 0.3) is 0 Å². The number of rotatable bonds is 9. The molecular weight excluding hydrogens is 376 g/mol. The minimum Gasteiger partial charge on any atom is -0.550 e. The summed E-state index contributed by atoms with van der Waals surface area (Å²) in [5.41, 5.74) is -3.15. The van der Waals surface area contributed by atoms with Crippen LogP contribution in [0.15, 0.2) is 0 Å². The van der Waals surface area contributed by atoms with E-state index in [1.165, 1.54) is 0 Å². The average Bonchev–Trinajstić information content (AvgIpc) is 2.25. The fourth-order valence-electron chi connectivity index (χ4n) is 1.29. The maximum absolute atomic E-state index is 11.2. The monoisotopic (exact) mass is 384 g/mol. The summed E-state index contributed by atoms with van der Waals surface area (Å²) in [4.78, 5) is 53.2. The van der Waals surface area contributed by atoms with Crippen LogP contribution in [-0.2, 0) is 28.7 Å². The number of esters is 1. The van der Waals surface area contributed by atoms with E-state index in [0.717, 1.165) is 0 Å². The van der Waals surface area contributed by atoms with Crippen molar-refractivity contribution in [2.24, 2.45) is 0 Å². The number of aliphatic hydroxyl groups is 1. The number of carboxylic acids is 4. The van der Waals surface area contributed by atoms with E-state index in [1.807, 2.05) is 0 Å². The van der Waals surface area contributed by atoms with Gasteiger partial charge in [0.1, 0.15) is 6.10 Å². The van der Waals surface area contributed by atoms with Gasteiger partial charge in [-0.05, 0) is 0 Å². The Labute approximate surface area is 188 Å². The molecule has 0 aromatic rings. The molecule has 1 atom stereocenters. The summed E-state index contributed by atoms with van der Waals surface area (Å²) in [5.74, 6) is -10.3. The van der Waals surface area contributed by atoms with Gasteiger partial charge in [-0.2, -0.15) is 0 Å². The van der Waals surface area contributed by atoms with Gasteiger partial charge in [0.25, 0.3) is 0 Å². The van der Waals surface area contributed by atoms with Gasteiger partial charge in [0.05, 0.1) is 18.4 Å². The second-order valence-electron chi connectivity index (χ2n) is 3.89. The van der Waals surface area contributed by atoms with Crippen LogP contribution in [0.1, 0.15) is 19.3 Å². The second kappa shape index (κ2) is 12.2. The number of ether oxygens (including phenoxy) is 1. The third kappa shape index (κ3) is 10.3. The maximum atomic E-state index is 11.2. The molecule has 1 N–H and O–H groups in total. The van der Waals surface area contributed by atoms with Crippen LogP contribution in [0.5, 0.6) is 0 Å². The van der Waals surface area contributed by atoms with Gasteiger partial charge < -0.3 is 49.4 Å². The molecule has 0 radical (unpaired) electrons. The SMILES string of the molecule is O=C([O-])CC(CC(=O)[O-])(OC(=O)CC(O)C(=O)[O-])C(=O)[O-].[Ca+2].[Ca+2].